The van der Waals surface area contributed by atoms with Gasteiger partial charge in [-0.25, -0.2) is 0 Å². The smallest absolute Gasteiger partial charge is 0.251 e. The van der Waals surface area contributed by atoms with Crippen molar-refractivity contribution >= 4 is 35.0 Å². The molecule has 2 aromatic rings. The summed E-state index contributed by atoms with van der Waals surface area (Å²) in [7, 11) is 3.73. The number of anilines is 2. The molecule has 10 nitrogen and oxygen atoms in total. The Kier molecular flexibility index (Phi) is 11.7. The summed E-state index contributed by atoms with van der Waals surface area (Å²) in [6.45, 7) is 9.11. The van der Waals surface area contributed by atoms with Gasteiger partial charge in [0.05, 0.1) is 0 Å². The number of nitrogens with zero attached hydrogens (tertiary/aromatic N) is 3. The third-order valence-electron chi connectivity index (χ3n) is 10.3. The molecule has 2 unspecified atom stereocenters. The average Bonchev–Trinajstić information content (AvgIpc) is 3.07. The highest BCUT2D eigenvalue weighted by molar-refractivity contribution is 6.02. The van der Waals surface area contributed by atoms with E-state index in [4.69, 9.17) is 0 Å². The fourth-order valence-electron chi connectivity index (χ4n) is 7.11. The minimum absolute atomic E-state index is 0.0920. The van der Waals surface area contributed by atoms with Gasteiger partial charge in [-0.05, 0) is 133 Å². The molecule has 2 atom stereocenters. The van der Waals surface area contributed by atoms with Gasteiger partial charge in [-0.15, -0.1) is 0 Å². The molecule has 4 heterocycles. The Labute approximate surface area is 279 Å². The third kappa shape index (κ3) is 9.20. The van der Waals surface area contributed by atoms with Crippen LogP contribution in [0.2, 0.25) is 0 Å². The number of likely N-dealkylation sites (N-methyl/N-ethyl adjacent to an activating group) is 1. The normalized spacial score (nSPS) is 23.7. The fourth-order valence-corrected chi connectivity index (χ4v) is 7.11. The second kappa shape index (κ2) is 15.9. The maximum absolute atomic E-state index is 12.1. The molecule has 3 N–H and O–H groups in total. The lowest BCUT2D eigenvalue weighted by molar-refractivity contribution is -0.147. The summed E-state index contributed by atoms with van der Waals surface area (Å²) >= 11 is 0. The summed E-state index contributed by atoms with van der Waals surface area (Å²) < 4.78 is 0. The van der Waals surface area contributed by atoms with E-state index in [0.717, 1.165) is 37.6 Å². The molecule has 4 aliphatic heterocycles. The second-order valence-electron chi connectivity index (χ2n) is 13.9. The number of nitrogens with one attached hydrogen (secondary N) is 3. The number of imide groups is 2. The first-order valence-corrected chi connectivity index (χ1v) is 17.4. The average molecular weight is 645 g/mol. The van der Waals surface area contributed by atoms with E-state index in [1.54, 1.807) is 7.05 Å². The van der Waals surface area contributed by atoms with Crippen LogP contribution in [0, 0.1) is 0 Å². The number of hydrogen-bond donors (Lipinski definition) is 3. The monoisotopic (exact) mass is 644 g/mol. The van der Waals surface area contributed by atoms with E-state index in [2.05, 4.69) is 89.1 Å². The summed E-state index contributed by atoms with van der Waals surface area (Å²) in [6.07, 6.45) is 6.72. The van der Waals surface area contributed by atoms with Crippen molar-refractivity contribution in [2.75, 3.05) is 50.9 Å². The van der Waals surface area contributed by atoms with Crippen LogP contribution < -0.4 is 16.0 Å². The molecule has 4 aliphatic rings. The maximum atomic E-state index is 12.1. The zero-order valence-electron chi connectivity index (χ0n) is 28.5. The van der Waals surface area contributed by atoms with Crippen LogP contribution >= 0.6 is 0 Å². The van der Waals surface area contributed by atoms with Crippen LogP contribution in [0.5, 0.6) is 0 Å². The summed E-state index contributed by atoms with van der Waals surface area (Å²) in [5.74, 6) is 0.598. The molecule has 2 aromatic carbocycles. The minimum atomic E-state index is -0.319. The van der Waals surface area contributed by atoms with E-state index in [1.165, 1.54) is 41.7 Å². The lowest BCUT2D eigenvalue weighted by Gasteiger charge is -2.35. The van der Waals surface area contributed by atoms with Crippen molar-refractivity contribution in [2.24, 2.45) is 0 Å². The van der Waals surface area contributed by atoms with Crippen LogP contribution in [0.1, 0.15) is 88.2 Å². The Bertz CT molecular complexity index is 1400. The Morgan fingerprint density at radius 1 is 0.702 bits per heavy atom. The van der Waals surface area contributed by atoms with Crippen LogP contribution in [0.3, 0.4) is 0 Å². The second-order valence-corrected chi connectivity index (χ2v) is 13.9. The number of benzene rings is 2. The van der Waals surface area contributed by atoms with Crippen LogP contribution in [-0.2, 0) is 19.2 Å². The molecule has 4 saturated heterocycles. The largest absolute Gasteiger partial charge is 0.374 e. The number of likely N-dealkylation sites (tertiary alicyclic amines) is 3. The lowest BCUT2D eigenvalue weighted by Crippen LogP contribution is -2.48. The van der Waals surface area contributed by atoms with Crippen LogP contribution in [0.25, 0.3) is 0 Å². The number of amides is 4. The van der Waals surface area contributed by atoms with Crippen molar-refractivity contribution in [2.45, 2.75) is 95.2 Å². The molecule has 4 fully saturated rings. The van der Waals surface area contributed by atoms with E-state index in [1.807, 2.05) is 6.07 Å². The molecule has 47 heavy (non-hydrogen) atoms. The van der Waals surface area contributed by atoms with Gasteiger partial charge in [-0.3, -0.25) is 29.4 Å². The number of rotatable bonds is 7. The standard InChI is InChI=1S/C19H27N3O2.C18H25N3O2/c1-13(2)22-10-8-14(9-11-22)15-4-3-5-16(12-15)20-17-6-7-18(23)21-19(17)24;1-20-11-9-14(10-12-20)13-3-5-15(6-4-13)19-16-7-8-17(22)21(2)18(16)23/h3-5,12-14,17,20H,6-11H2,1-2H3,(H,21,23,24);3-6,14,16,19H,7-12H2,1-2H3. The van der Waals surface area contributed by atoms with Gasteiger partial charge in [0, 0.05) is 37.3 Å². The molecule has 0 aliphatic carbocycles. The fraction of sp³-hybridized carbons (Fsp3) is 0.568. The highest BCUT2D eigenvalue weighted by Gasteiger charge is 2.32. The minimum Gasteiger partial charge on any atom is -0.374 e. The van der Waals surface area contributed by atoms with E-state index in [9.17, 15) is 19.2 Å². The first-order chi connectivity index (χ1) is 22.6. The van der Waals surface area contributed by atoms with Gasteiger partial charge in [0.2, 0.25) is 17.7 Å². The van der Waals surface area contributed by atoms with Gasteiger partial charge in [0.1, 0.15) is 12.1 Å². The number of piperidine rings is 4. The first kappa shape index (κ1) is 34.6. The highest BCUT2D eigenvalue weighted by atomic mass is 16.2. The summed E-state index contributed by atoms with van der Waals surface area (Å²) in [5, 5.41) is 8.95. The predicted octanol–water partition coefficient (Wildman–Crippen LogP) is 4.55. The number of carbonyl (C=O) groups excluding carboxylic acids is 4. The van der Waals surface area contributed by atoms with Crippen LogP contribution in [-0.4, -0.2) is 96.7 Å². The molecule has 0 saturated carbocycles. The number of hydrogen-bond acceptors (Lipinski definition) is 8. The van der Waals surface area contributed by atoms with Crippen molar-refractivity contribution in [3.05, 3.63) is 59.7 Å². The van der Waals surface area contributed by atoms with Crippen LogP contribution in [0.15, 0.2) is 48.5 Å². The predicted molar refractivity (Wildman–Crippen MR) is 185 cm³/mol. The lowest BCUT2D eigenvalue weighted by atomic mass is 9.88. The van der Waals surface area contributed by atoms with E-state index in [-0.39, 0.29) is 35.7 Å². The van der Waals surface area contributed by atoms with Crippen LogP contribution in [0.4, 0.5) is 11.4 Å². The Morgan fingerprint density at radius 2 is 1.32 bits per heavy atom. The maximum Gasteiger partial charge on any atom is 0.251 e. The quantitative estimate of drug-likeness (QED) is 0.377. The van der Waals surface area contributed by atoms with Gasteiger partial charge in [0.15, 0.2) is 0 Å². The zero-order chi connectivity index (χ0) is 33.5. The highest BCUT2D eigenvalue weighted by Crippen LogP contribution is 2.31. The van der Waals surface area contributed by atoms with Gasteiger partial charge in [0.25, 0.3) is 5.91 Å². The first-order valence-electron chi connectivity index (χ1n) is 17.4. The van der Waals surface area contributed by atoms with E-state index in [0.29, 0.717) is 43.6 Å². The molecule has 254 valence electrons. The molecule has 6 rings (SSSR count). The molecule has 0 spiro atoms. The Morgan fingerprint density at radius 3 is 1.98 bits per heavy atom. The van der Waals surface area contributed by atoms with Crippen molar-refractivity contribution in [1.29, 1.82) is 0 Å². The topological polar surface area (TPSA) is 114 Å². The Hall–Kier alpha value is -3.76. The van der Waals surface area contributed by atoms with Crippen molar-refractivity contribution in [1.82, 2.24) is 20.0 Å². The van der Waals surface area contributed by atoms with Gasteiger partial charge in [-0.2, -0.15) is 0 Å². The molecule has 10 heteroatoms. The summed E-state index contributed by atoms with van der Waals surface area (Å²) in [6, 6.07) is 16.8. The third-order valence-corrected chi connectivity index (χ3v) is 10.3. The van der Waals surface area contributed by atoms with Crippen molar-refractivity contribution in [3.8, 4) is 0 Å². The van der Waals surface area contributed by atoms with Gasteiger partial charge >= 0.3 is 0 Å². The van der Waals surface area contributed by atoms with Gasteiger partial charge in [-0.1, -0.05) is 24.3 Å². The van der Waals surface area contributed by atoms with Gasteiger partial charge < -0.3 is 20.4 Å². The number of carbonyl (C=O) groups is 4. The van der Waals surface area contributed by atoms with Crippen molar-refractivity contribution < 1.29 is 19.2 Å². The van der Waals surface area contributed by atoms with E-state index >= 15 is 0 Å². The van der Waals surface area contributed by atoms with E-state index < -0.39 is 0 Å². The molecular weight excluding hydrogens is 592 g/mol. The molecule has 0 bridgehead atoms. The zero-order valence-corrected chi connectivity index (χ0v) is 28.5. The molecule has 0 aromatic heterocycles. The SMILES string of the molecule is CC(C)N1CCC(c2cccc(NC3CCC(=O)NC3=O)c2)CC1.CN1CCC(c2ccc(NC3CCC(=O)N(C)C3=O)cc2)CC1. The van der Waals surface area contributed by atoms with Crippen molar-refractivity contribution in [3.63, 3.8) is 0 Å². The summed E-state index contributed by atoms with van der Waals surface area (Å²) in [5.41, 5.74) is 4.64. The Balaban J connectivity index is 0.000000185. The summed E-state index contributed by atoms with van der Waals surface area (Å²) in [4.78, 5) is 52.9. The molecule has 0 radical (unpaired) electrons. The molecular formula is C37H52N6O4. The molecule has 4 amide bonds.